The smallest absolute Gasteiger partial charge is 0.229 e. The topological polar surface area (TPSA) is 59.1 Å². The van der Waals surface area contributed by atoms with Crippen LogP contribution in [-0.4, -0.2) is 17.1 Å². The number of nitrogens with one attached hydrogen (secondary N) is 2. The van der Waals surface area contributed by atoms with Crippen molar-refractivity contribution in [2.75, 3.05) is 17.7 Å². The summed E-state index contributed by atoms with van der Waals surface area (Å²) in [7, 11) is 1.65. The minimum absolute atomic E-state index is 0.150. The Morgan fingerprint density at radius 1 is 1.04 bits per heavy atom. The lowest BCUT2D eigenvalue weighted by atomic mass is 10.1. The average molecular weight is 334 g/mol. The highest BCUT2D eigenvalue weighted by molar-refractivity contribution is 5.64. The quantitative estimate of drug-likeness (QED) is 0.683. The number of methoxy groups -OCH3 is 1. The largest absolute Gasteiger partial charge is 0.495 e. The molecule has 2 aromatic carbocycles. The Morgan fingerprint density at radius 3 is 2.60 bits per heavy atom. The molecule has 1 atom stereocenters. The number of benzene rings is 2. The lowest BCUT2D eigenvalue weighted by Gasteiger charge is -2.16. The molecular formula is C20H22N4O. The molecule has 3 aromatic rings. The van der Waals surface area contributed by atoms with E-state index in [1.165, 1.54) is 5.56 Å². The Hall–Kier alpha value is -3.08. The van der Waals surface area contributed by atoms with Crippen molar-refractivity contribution in [3.63, 3.8) is 0 Å². The maximum atomic E-state index is 5.39. The van der Waals surface area contributed by atoms with Crippen LogP contribution >= 0.6 is 0 Å². The van der Waals surface area contributed by atoms with Gasteiger partial charge in [-0.25, -0.2) is 4.98 Å². The average Bonchev–Trinajstić information content (AvgIpc) is 2.63. The molecule has 0 saturated carbocycles. The van der Waals surface area contributed by atoms with Crippen molar-refractivity contribution >= 4 is 17.5 Å². The van der Waals surface area contributed by atoms with Gasteiger partial charge in [0.05, 0.1) is 12.8 Å². The first-order valence-corrected chi connectivity index (χ1v) is 8.22. The molecular weight excluding hydrogens is 312 g/mol. The van der Waals surface area contributed by atoms with E-state index in [9.17, 15) is 0 Å². The van der Waals surface area contributed by atoms with Gasteiger partial charge < -0.3 is 15.4 Å². The maximum Gasteiger partial charge on any atom is 0.229 e. The lowest BCUT2D eigenvalue weighted by molar-refractivity contribution is 0.416. The molecule has 1 aromatic heterocycles. The highest BCUT2D eigenvalue weighted by Gasteiger charge is 2.08. The molecule has 2 N–H and O–H groups in total. The fourth-order valence-electron chi connectivity index (χ4n) is 2.59. The van der Waals surface area contributed by atoms with E-state index >= 15 is 0 Å². The van der Waals surface area contributed by atoms with Gasteiger partial charge in [-0.05, 0) is 43.2 Å². The second-order valence-corrected chi connectivity index (χ2v) is 5.87. The Kier molecular flexibility index (Phi) is 5.14. The first-order valence-electron chi connectivity index (χ1n) is 8.22. The molecule has 3 rings (SSSR count). The van der Waals surface area contributed by atoms with Crippen molar-refractivity contribution in [1.82, 2.24) is 9.97 Å². The predicted molar refractivity (Wildman–Crippen MR) is 102 cm³/mol. The SMILES string of the molecule is COc1ccc(C)cc1Nc1nccc(NC(C)c2ccccc2)n1. The Bertz CT molecular complexity index is 836. The lowest BCUT2D eigenvalue weighted by Crippen LogP contribution is -2.09. The summed E-state index contributed by atoms with van der Waals surface area (Å²) < 4.78 is 5.39. The van der Waals surface area contributed by atoms with Crippen LogP contribution in [-0.2, 0) is 0 Å². The highest BCUT2D eigenvalue weighted by Crippen LogP contribution is 2.27. The van der Waals surface area contributed by atoms with E-state index in [1.807, 2.05) is 49.4 Å². The zero-order valence-corrected chi connectivity index (χ0v) is 14.7. The normalized spacial score (nSPS) is 11.6. The molecule has 0 aliphatic rings. The number of nitrogens with zero attached hydrogens (tertiary/aromatic N) is 2. The first kappa shape index (κ1) is 16.8. The standard InChI is InChI=1S/C20H22N4O/c1-14-9-10-18(25-3)17(13-14)23-20-21-12-11-19(24-20)22-15(2)16-7-5-4-6-8-16/h4-13,15H,1-3H3,(H2,21,22,23,24). The molecule has 0 bridgehead atoms. The maximum absolute atomic E-state index is 5.39. The second kappa shape index (κ2) is 7.66. The molecule has 0 fully saturated rings. The summed E-state index contributed by atoms with van der Waals surface area (Å²) in [6.45, 7) is 4.14. The summed E-state index contributed by atoms with van der Waals surface area (Å²) in [5.41, 5.74) is 3.18. The summed E-state index contributed by atoms with van der Waals surface area (Å²) in [4.78, 5) is 8.85. The van der Waals surface area contributed by atoms with Crippen LogP contribution in [0.5, 0.6) is 5.75 Å². The third-order valence-electron chi connectivity index (χ3n) is 3.92. The van der Waals surface area contributed by atoms with Crippen LogP contribution in [0.4, 0.5) is 17.5 Å². The van der Waals surface area contributed by atoms with Gasteiger partial charge in [-0.2, -0.15) is 4.98 Å². The third kappa shape index (κ3) is 4.26. The second-order valence-electron chi connectivity index (χ2n) is 5.87. The molecule has 0 aliphatic heterocycles. The highest BCUT2D eigenvalue weighted by atomic mass is 16.5. The number of ether oxygens (including phenoxy) is 1. The van der Waals surface area contributed by atoms with Gasteiger partial charge in [-0.15, -0.1) is 0 Å². The van der Waals surface area contributed by atoms with Crippen LogP contribution in [0.1, 0.15) is 24.1 Å². The van der Waals surface area contributed by atoms with Crippen molar-refractivity contribution in [3.05, 3.63) is 71.9 Å². The molecule has 0 radical (unpaired) electrons. The number of aryl methyl sites for hydroxylation is 1. The van der Waals surface area contributed by atoms with Crippen LogP contribution in [0.3, 0.4) is 0 Å². The van der Waals surface area contributed by atoms with Gasteiger partial charge in [0.1, 0.15) is 11.6 Å². The van der Waals surface area contributed by atoms with E-state index in [0.717, 1.165) is 22.8 Å². The van der Waals surface area contributed by atoms with Crippen LogP contribution in [0.15, 0.2) is 60.8 Å². The fourth-order valence-corrected chi connectivity index (χ4v) is 2.59. The number of hydrogen-bond acceptors (Lipinski definition) is 5. The van der Waals surface area contributed by atoms with Crippen molar-refractivity contribution in [2.24, 2.45) is 0 Å². The fraction of sp³-hybridized carbons (Fsp3) is 0.200. The van der Waals surface area contributed by atoms with Crippen molar-refractivity contribution in [1.29, 1.82) is 0 Å². The van der Waals surface area contributed by atoms with Gasteiger partial charge in [0.15, 0.2) is 0 Å². The molecule has 1 heterocycles. The molecule has 0 spiro atoms. The summed E-state index contributed by atoms with van der Waals surface area (Å²) in [6, 6.07) is 18.2. The number of aromatic nitrogens is 2. The molecule has 5 nitrogen and oxygen atoms in total. The molecule has 25 heavy (non-hydrogen) atoms. The van der Waals surface area contributed by atoms with Gasteiger partial charge in [0.2, 0.25) is 5.95 Å². The number of anilines is 3. The van der Waals surface area contributed by atoms with Gasteiger partial charge in [0, 0.05) is 12.2 Å². The van der Waals surface area contributed by atoms with E-state index in [-0.39, 0.29) is 6.04 Å². The van der Waals surface area contributed by atoms with Crippen molar-refractivity contribution in [3.8, 4) is 5.75 Å². The molecule has 0 amide bonds. The summed E-state index contributed by atoms with van der Waals surface area (Å²) in [5.74, 6) is 2.04. The summed E-state index contributed by atoms with van der Waals surface area (Å²) in [6.07, 6.45) is 1.73. The summed E-state index contributed by atoms with van der Waals surface area (Å²) >= 11 is 0. The van der Waals surface area contributed by atoms with Gasteiger partial charge >= 0.3 is 0 Å². The zero-order valence-electron chi connectivity index (χ0n) is 14.7. The van der Waals surface area contributed by atoms with Gasteiger partial charge in [-0.3, -0.25) is 0 Å². The third-order valence-corrected chi connectivity index (χ3v) is 3.92. The predicted octanol–water partition coefficient (Wildman–Crippen LogP) is 4.71. The Balaban J connectivity index is 1.77. The Labute approximate surface area is 148 Å². The molecule has 128 valence electrons. The first-order chi connectivity index (χ1) is 12.2. The van der Waals surface area contributed by atoms with E-state index in [1.54, 1.807) is 13.3 Å². The van der Waals surface area contributed by atoms with Gasteiger partial charge in [0.25, 0.3) is 0 Å². The van der Waals surface area contributed by atoms with Crippen LogP contribution in [0, 0.1) is 6.92 Å². The van der Waals surface area contributed by atoms with E-state index in [4.69, 9.17) is 4.74 Å². The van der Waals surface area contributed by atoms with Crippen molar-refractivity contribution < 1.29 is 4.74 Å². The number of hydrogen-bond donors (Lipinski definition) is 2. The molecule has 1 unspecified atom stereocenters. The van der Waals surface area contributed by atoms with E-state index < -0.39 is 0 Å². The van der Waals surface area contributed by atoms with Crippen LogP contribution in [0.25, 0.3) is 0 Å². The van der Waals surface area contributed by atoms with E-state index in [2.05, 4.69) is 39.7 Å². The van der Waals surface area contributed by atoms with Crippen LogP contribution in [0.2, 0.25) is 0 Å². The van der Waals surface area contributed by atoms with Crippen molar-refractivity contribution in [2.45, 2.75) is 19.9 Å². The molecule has 0 aliphatic carbocycles. The molecule has 0 saturated heterocycles. The minimum Gasteiger partial charge on any atom is -0.495 e. The Morgan fingerprint density at radius 2 is 1.84 bits per heavy atom. The zero-order chi connectivity index (χ0) is 17.6. The number of rotatable bonds is 6. The van der Waals surface area contributed by atoms with Gasteiger partial charge in [-0.1, -0.05) is 36.4 Å². The minimum atomic E-state index is 0.150. The van der Waals surface area contributed by atoms with E-state index in [0.29, 0.717) is 5.95 Å². The van der Waals surface area contributed by atoms with Crippen LogP contribution < -0.4 is 15.4 Å². The molecule has 5 heteroatoms. The monoisotopic (exact) mass is 334 g/mol. The summed E-state index contributed by atoms with van der Waals surface area (Å²) in [5, 5.41) is 6.63.